The summed E-state index contributed by atoms with van der Waals surface area (Å²) in [5.41, 5.74) is -4.17. The molecule has 2 N–H and O–H groups in total. The zero-order chi connectivity index (χ0) is 27.0. The Balaban J connectivity index is 1.99. The zero-order valence-electron chi connectivity index (χ0n) is 19.6. The van der Waals surface area contributed by atoms with Gasteiger partial charge < -0.3 is 14.8 Å². The summed E-state index contributed by atoms with van der Waals surface area (Å²) in [4.78, 5) is 24.6. The lowest BCUT2D eigenvalue weighted by atomic mass is 10.0. The Hall–Kier alpha value is -3.45. The lowest BCUT2D eigenvalue weighted by Crippen LogP contribution is -2.32. The maximum atomic E-state index is 14.8. The Labute approximate surface area is 189 Å². The number of carbonyl (C=O) groups excluding carboxylic acids is 2. The second kappa shape index (κ2) is 9.19. The molecule has 0 atom stereocenters. The lowest BCUT2D eigenvalue weighted by Gasteiger charge is -2.14. The highest BCUT2D eigenvalue weighted by atomic mass is 32.2. The summed E-state index contributed by atoms with van der Waals surface area (Å²) in [5.74, 6) is -10.8. The molecular weight excluding hydrogens is 472 g/mol. The molecule has 0 radical (unpaired) electrons. The van der Waals surface area contributed by atoms with Gasteiger partial charge in [0.05, 0.1) is 47.3 Å². The Morgan fingerprint density at radius 1 is 1.03 bits per heavy atom. The van der Waals surface area contributed by atoms with Crippen LogP contribution < -0.4 is 14.8 Å². The van der Waals surface area contributed by atoms with E-state index in [2.05, 4.69) is 4.74 Å². The van der Waals surface area contributed by atoms with Crippen LogP contribution >= 0.6 is 0 Å². The standard InChI is InChI=1S/C20H16F4N2O6S/c1-31-10-5-3-4-9(6-10)13-14(21)16(23)18(17(24)15(13)22)25-19(27)11-7-32-8-12(11)20(28)26-33(2,29)30/h3-6H,7-8H2,1-2H3,(H,25,27)(H,26,28)/i1D3. The number of ether oxygens (including phenoxy) is 2. The molecule has 1 heterocycles. The maximum Gasteiger partial charge on any atom is 0.263 e. The van der Waals surface area contributed by atoms with E-state index in [0.717, 1.165) is 24.3 Å². The number of sulfonamides is 1. The number of hydrogen-bond acceptors (Lipinski definition) is 6. The van der Waals surface area contributed by atoms with E-state index in [1.165, 1.54) is 0 Å². The van der Waals surface area contributed by atoms with Crippen LogP contribution in [0.15, 0.2) is 35.4 Å². The molecule has 0 aliphatic carbocycles. The minimum Gasteiger partial charge on any atom is -0.497 e. The first-order chi connectivity index (χ1) is 16.6. The summed E-state index contributed by atoms with van der Waals surface area (Å²) >= 11 is 0. The summed E-state index contributed by atoms with van der Waals surface area (Å²) in [6, 6.07) is 4.16. The molecule has 33 heavy (non-hydrogen) atoms. The Morgan fingerprint density at radius 3 is 2.21 bits per heavy atom. The number of carbonyl (C=O) groups is 2. The number of methoxy groups -OCH3 is 1. The van der Waals surface area contributed by atoms with Crippen molar-refractivity contribution in [2.45, 2.75) is 0 Å². The Kier molecular flexibility index (Phi) is 5.62. The molecule has 0 aromatic heterocycles. The molecule has 0 saturated heterocycles. The molecule has 2 amide bonds. The van der Waals surface area contributed by atoms with Crippen LogP contribution in [0.25, 0.3) is 11.1 Å². The fourth-order valence-electron chi connectivity index (χ4n) is 2.96. The number of amides is 2. The van der Waals surface area contributed by atoms with Gasteiger partial charge in [-0.25, -0.2) is 30.7 Å². The lowest BCUT2D eigenvalue weighted by molar-refractivity contribution is -0.117. The van der Waals surface area contributed by atoms with Gasteiger partial charge in [-0.3, -0.25) is 9.59 Å². The van der Waals surface area contributed by atoms with Crippen molar-refractivity contribution < 1.29 is 49.2 Å². The van der Waals surface area contributed by atoms with Crippen molar-refractivity contribution in [1.29, 1.82) is 0 Å². The van der Waals surface area contributed by atoms with Crippen LogP contribution in [0.3, 0.4) is 0 Å². The van der Waals surface area contributed by atoms with Crippen LogP contribution in [0.1, 0.15) is 4.11 Å². The zero-order valence-corrected chi connectivity index (χ0v) is 17.4. The molecule has 0 unspecified atom stereocenters. The average molecular weight is 491 g/mol. The van der Waals surface area contributed by atoms with E-state index in [1.807, 2.05) is 0 Å². The van der Waals surface area contributed by atoms with Gasteiger partial charge in [-0.1, -0.05) is 12.1 Å². The summed E-state index contributed by atoms with van der Waals surface area (Å²) < 4.78 is 114. The second-order valence-corrected chi connectivity index (χ2v) is 8.49. The highest BCUT2D eigenvalue weighted by Gasteiger charge is 2.31. The van der Waals surface area contributed by atoms with E-state index >= 15 is 0 Å². The molecule has 2 aromatic carbocycles. The maximum absolute atomic E-state index is 14.8. The summed E-state index contributed by atoms with van der Waals surface area (Å²) in [5, 5.41) is 1.64. The third-order valence-electron chi connectivity index (χ3n) is 4.43. The van der Waals surface area contributed by atoms with Crippen molar-refractivity contribution in [2.24, 2.45) is 0 Å². The van der Waals surface area contributed by atoms with Crippen LogP contribution in [0.4, 0.5) is 23.2 Å². The van der Waals surface area contributed by atoms with Gasteiger partial charge in [-0.15, -0.1) is 0 Å². The van der Waals surface area contributed by atoms with Gasteiger partial charge in [0.25, 0.3) is 11.8 Å². The third kappa shape index (κ3) is 4.98. The van der Waals surface area contributed by atoms with Crippen molar-refractivity contribution in [3.8, 4) is 16.9 Å². The average Bonchev–Trinajstić information content (AvgIpc) is 3.24. The highest BCUT2D eigenvalue weighted by Crippen LogP contribution is 2.36. The molecule has 8 nitrogen and oxygen atoms in total. The van der Waals surface area contributed by atoms with E-state index in [4.69, 9.17) is 8.85 Å². The van der Waals surface area contributed by atoms with Crippen LogP contribution in [0, 0.1) is 23.3 Å². The molecule has 2 aromatic rings. The van der Waals surface area contributed by atoms with E-state index in [9.17, 15) is 35.6 Å². The molecule has 0 spiro atoms. The smallest absolute Gasteiger partial charge is 0.263 e. The van der Waals surface area contributed by atoms with E-state index in [0.29, 0.717) is 6.26 Å². The minimum atomic E-state index is -4.02. The number of anilines is 1. The molecule has 0 saturated carbocycles. The van der Waals surface area contributed by atoms with Crippen LogP contribution in [-0.2, 0) is 24.3 Å². The molecule has 1 aliphatic heterocycles. The first kappa shape index (κ1) is 20.2. The molecule has 1 aliphatic rings. The summed E-state index contributed by atoms with van der Waals surface area (Å²) in [7, 11) is -6.92. The monoisotopic (exact) mass is 491 g/mol. The first-order valence-electron chi connectivity index (χ1n) is 10.4. The number of hydrogen-bond donors (Lipinski definition) is 2. The second-order valence-electron chi connectivity index (χ2n) is 6.74. The normalized spacial score (nSPS) is 15.5. The molecule has 13 heteroatoms. The predicted molar refractivity (Wildman–Crippen MR) is 108 cm³/mol. The van der Waals surface area contributed by atoms with Gasteiger partial charge in [-0.05, 0) is 17.7 Å². The van der Waals surface area contributed by atoms with Crippen molar-refractivity contribution in [2.75, 3.05) is 31.8 Å². The van der Waals surface area contributed by atoms with Gasteiger partial charge in [0.2, 0.25) is 10.0 Å². The molecule has 0 bridgehead atoms. The quantitative estimate of drug-likeness (QED) is 0.474. The van der Waals surface area contributed by atoms with Crippen molar-refractivity contribution in [1.82, 2.24) is 4.72 Å². The SMILES string of the molecule is [2H]C([2H])([2H])Oc1cccc(-c2c(F)c(F)c(NC(=O)C3=C(C(=O)NS(C)(=O)=O)COC3)c(F)c2F)c1. The minimum absolute atomic E-state index is 0.363. The van der Waals surface area contributed by atoms with Crippen LogP contribution in [0.2, 0.25) is 0 Å². The van der Waals surface area contributed by atoms with Gasteiger partial charge >= 0.3 is 0 Å². The molecular formula is C20H16F4N2O6S. The van der Waals surface area contributed by atoms with Crippen LogP contribution in [-0.4, -0.2) is 46.7 Å². The Bertz CT molecular complexity index is 1370. The molecule has 176 valence electrons. The first-order valence-corrected chi connectivity index (χ1v) is 10.8. The molecule has 0 fully saturated rings. The van der Waals surface area contributed by atoms with Gasteiger partial charge in [0.1, 0.15) is 11.4 Å². The van der Waals surface area contributed by atoms with Crippen molar-refractivity contribution in [3.63, 3.8) is 0 Å². The number of rotatable bonds is 6. The fraction of sp³-hybridized carbons (Fsp3) is 0.200. The van der Waals surface area contributed by atoms with Gasteiger partial charge in [0, 0.05) is 0 Å². The highest BCUT2D eigenvalue weighted by molar-refractivity contribution is 7.89. The summed E-state index contributed by atoms with van der Waals surface area (Å²) in [6.45, 7) is -1.06. The molecule has 3 rings (SSSR count). The number of halogens is 4. The summed E-state index contributed by atoms with van der Waals surface area (Å²) in [6.07, 6.45) is 0.670. The Morgan fingerprint density at radius 2 is 1.64 bits per heavy atom. The van der Waals surface area contributed by atoms with E-state index < -0.39 is 93.3 Å². The largest absolute Gasteiger partial charge is 0.497 e. The third-order valence-corrected chi connectivity index (χ3v) is 4.98. The topological polar surface area (TPSA) is 111 Å². The number of benzene rings is 2. The van der Waals surface area contributed by atoms with E-state index in [1.54, 1.807) is 10.0 Å². The van der Waals surface area contributed by atoms with Gasteiger partial charge in [-0.2, -0.15) is 0 Å². The van der Waals surface area contributed by atoms with Crippen LogP contribution in [0.5, 0.6) is 5.75 Å². The van der Waals surface area contributed by atoms with Gasteiger partial charge in [0.15, 0.2) is 23.3 Å². The fourth-order valence-corrected chi connectivity index (χ4v) is 3.42. The predicted octanol–water partition coefficient (Wildman–Crippen LogP) is 2.26. The number of nitrogens with one attached hydrogen (secondary N) is 2. The van der Waals surface area contributed by atoms with Crippen molar-refractivity contribution in [3.05, 3.63) is 58.7 Å². The van der Waals surface area contributed by atoms with E-state index in [-0.39, 0.29) is 5.75 Å². The van der Waals surface area contributed by atoms with Crippen molar-refractivity contribution >= 4 is 27.5 Å².